The summed E-state index contributed by atoms with van der Waals surface area (Å²) in [6.45, 7) is 4.21. The van der Waals surface area contributed by atoms with Gasteiger partial charge in [-0.15, -0.1) is 0 Å². The van der Waals surface area contributed by atoms with Gasteiger partial charge in [0.05, 0.1) is 4.90 Å². The molecular formula is C20H20ClN3O3S. The van der Waals surface area contributed by atoms with Crippen molar-refractivity contribution in [3.63, 3.8) is 0 Å². The molecular weight excluding hydrogens is 398 g/mol. The van der Waals surface area contributed by atoms with E-state index in [2.05, 4.69) is 10.1 Å². The second-order valence-electron chi connectivity index (χ2n) is 6.96. The molecule has 3 aromatic rings. The molecule has 0 aliphatic carbocycles. The fourth-order valence-corrected chi connectivity index (χ4v) is 5.37. The Labute approximate surface area is 169 Å². The van der Waals surface area contributed by atoms with Gasteiger partial charge in [0.15, 0.2) is 0 Å². The molecule has 2 heterocycles. The normalized spacial score (nSPS) is 17.9. The summed E-state index contributed by atoms with van der Waals surface area (Å²) in [5.74, 6) is 0.785. The zero-order chi connectivity index (χ0) is 19.9. The molecule has 1 saturated heterocycles. The fraction of sp³-hybridized carbons (Fsp3) is 0.300. The quantitative estimate of drug-likeness (QED) is 0.623. The molecule has 6 nitrogen and oxygen atoms in total. The molecule has 0 saturated carbocycles. The Morgan fingerprint density at radius 1 is 1.14 bits per heavy atom. The smallest absolute Gasteiger partial charge is 0.245 e. The van der Waals surface area contributed by atoms with E-state index in [4.69, 9.17) is 16.1 Å². The molecule has 146 valence electrons. The van der Waals surface area contributed by atoms with Crippen LogP contribution in [-0.4, -0.2) is 29.4 Å². The van der Waals surface area contributed by atoms with Crippen molar-refractivity contribution in [1.82, 2.24) is 14.4 Å². The molecule has 1 aromatic heterocycles. The van der Waals surface area contributed by atoms with Crippen LogP contribution in [0.3, 0.4) is 0 Å². The third-order valence-electron chi connectivity index (χ3n) is 5.07. The van der Waals surface area contributed by atoms with Gasteiger partial charge in [-0.1, -0.05) is 47.1 Å². The molecule has 1 aliphatic rings. The highest BCUT2D eigenvalue weighted by molar-refractivity contribution is 7.89. The van der Waals surface area contributed by atoms with Gasteiger partial charge in [0.25, 0.3) is 0 Å². The lowest BCUT2D eigenvalue weighted by molar-refractivity contribution is 0.290. The minimum atomic E-state index is -3.72. The van der Waals surface area contributed by atoms with Crippen molar-refractivity contribution in [2.24, 2.45) is 0 Å². The molecule has 4 rings (SSSR count). The summed E-state index contributed by atoms with van der Waals surface area (Å²) in [6.07, 6.45) is 1.36. The van der Waals surface area contributed by atoms with Crippen LogP contribution >= 0.6 is 11.6 Å². The van der Waals surface area contributed by atoms with Crippen molar-refractivity contribution in [2.75, 3.05) is 6.54 Å². The molecule has 0 N–H and O–H groups in total. The Hall–Kier alpha value is -2.22. The van der Waals surface area contributed by atoms with Crippen LogP contribution in [-0.2, 0) is 10.0 Å². The van der Waals surface area contributed by atoms with Crippen molar-refractivity contribution < 1.29 is 12.9 Å². The van der Waals surface area contributed by atoms with Gasteiger partial charge in [0.1, 0.15) is 6.04 Å². The first-order chi connectivity index (χ1) is 13.4. The van der Waals surface area contributed by atoms with Gasteiger partial charge in [0.2, 0.25) is 21.7 Å². The zero-order valence-electron chi connectivity index (χ0n) is 15.6. The topological polar surface area (TPSA) is 76.3 Å². The summed E-state index contributed by atoms with van der Waals surface area (Å²) in [7, 11) is -3.72. The lowest BCUT2D eigenvalue weighted by atomic mass is 10.1. The van der Waals surface area contributed by atoms with E-state index in [0.717, 1.165) is 23.1 Å². The predicted octanol–water partition coefficient (Wildman–Crippen LogP) is 4.53. The molecule has 2 aromatic carbocycles. The SMILES string of the molecule is Cc1ccc(S(=O)(=O)N2CCCC2c2nc(-c3ccccc3C)no2)cc1Cl. The first-order valence-corrected chi connectivity index (χ1v) is 10.9. The van der Waals surface area contributed by atoms with Gasteiger partial charge in [0, 0.05) is 17.1 Å². The van der Waals surface area contributed by atoms with Crippen LogP contribution in [0, 0.1) is 13.8 Å². The van der Waals surface area contributed by atoms with Crippen LogP contribution < -0.4 is 0 Å². The van der Waals surface area contributed by atoms with Gasteiger partial charge >= 0.3 is 0 Å². The summed E-state index contributed by atoms with van der Waals surface area (Å²) in [5.41, 5.74) is 2.73. The Kier molecular flexibility index (Phi) is 4.99. The average Bonchev–Trinajstić information content (AvgIpc) is 3.33. The van der Waals surface area contributed by atoms with Crippen LogP contribution in [0.25, 0.3) is 11.4 Å². The van der Waals surface area contributed by atoms with E-state index in [1.54, 1.807) is 12.1 Å². The van der Waals surface area contributed by atoms with Crippen molar-refractivity contribution >= 4 is 21.6 Å². The molecule has 0 amide bonds. The number of benzene rings is 2. The van der Waals surface area contributed by atoms with Crippen molar-refractivity contribution in [2.45, 2.75) is 37.6 Å². The summed E-state index contributed by atoms with van der Waals surface area (Å²) in [6, 6.07) is 12.1. The molecule has 28 heavy (non-hydrogen) atoms. The summed E-state index contributed by atoms with van der Waals surface area (Å²) < 4.78 is 33.3. The molecule has 8 heteroatoms. The summed E-state index contributed by atoms with van der Waals surface area (Å²) in [4.78, 5) is 4.68. The van der Waals surface area contributed by atoms with E-state index in [1.807, 2.05) is 38.1 Å². The first-order valence-electron chi connectivity index (χ1n) is 9.05. The monoisotopic (exact) mass is 417 g/mol. The lowest BCUT2D eigenvalue weighted by Crippen LogP contribution is -2.30. The van der Waals surface area contributed by atoms with E-state index in [0.29, 0.717) is 29.7 Å². The first kappa shape index (κ1) is 19.1. The summed E-state index contributed by atoms with van der Waals surface area (Å²) >= 11 is 6.14. The summed E-state index contributed by atoms with van der Waals surface area (Å²) in [5, 5.41) is 4.51. The van der Waals surface area contributed by atoms with Gasteiger partial charge in [-0.25, -0.2) is 8.42 Å². The lowest BCUT2D eigenvalue weighted by Gasteiger charge is -2.21. The van der Waals surface area contributed by atoms with E-state index < -0.39 is 16.1 Å². The largest absolute Gasteiger partial charge is 0.337 e. The number of aryl methyl sites for hydroxylation is 2. The maximum atomic E-state index is 13.2. The molecule has 1 fully saturated rings. The highest BCUT2D eigenvalue weighted by Gasteiger charge is 2.39. The van der Waals surface area contributed by atoms with Gasteiger partial charge < -0.3 is 4.52 Å². The molecule has 0 radical (unpaired) electrons. The van der Waals surface area contributed by atoms with Crippen molar-refractivity contribution in [3.05, 3.63) is 64.5 Å². The Bertz CT molecular complexity index is 1130. The predicted molar refractivity (Wildman–Crippen MR) is 107 cm³/mol. The fourth-order valence-electron chi connectivity index (χ4n) is 3.45. The van der Waals surface area contributed by atoms with E-state index >= 15 is 0 Å². The average molecular weight is 418 g/mol. The minimum Gasteiger partial charge on any atom is -0.337 e. The van der Waals surface area contributed by atoms with Gasteiger partial charge in [-0.05, 0) is 49.9 Å². The number of hydrogen-bond donors (Lipinski definition) is 0. The second kappa shape index (κ2) is 7.31. The third kappa shape index (κ3) is 3.34. The van der Waals surface area contributed by atoms with Crippen LogP contribution in [0.15, 0.2) is 51.9 Å². The number of sulfonamides is 1. The molecule has 1 aliphatic heterocycles. The number of halogens is 1. The van der Waals surface area contributed by atoms with Crippen LogP contribution in [0.5, 0.6) is 0 Å². The Morgan fingerprint density at radius 3 is 2.68 bits per heavy atom. The standard InChI is InChI=1S/C20H20ClN3O3S/c1-13-6-3-4-7-16(13)19-22-20(27-23-19)18-8-5-11-24(18)28(25,26)15-10-9-14(2)17(21)12-15/h3-4,6-7,9-10,12,18H,5,8,11H2,1-2H3. The zero-order valence-corrected chi connectivity index (χ0v) is 17.2. The third-order valence-corrected chi connectivity index (χ3v) is 7.38. The maximum Gasteiger partial charge on any atom is 0.245 e. The van der Waals surface area contributed by atoms with Gasteiger partial charge in [-0.2, -0.15) is 9.29 Å². The Balaban J connectivity index is 1.67. The molecule has 1 unspecified atom stereocenters. The van der Waals surface area contributed by atoms with E-state index in [-0.39, 0.29) is 4.90 Å². The van der Waals surface area contributed by atoms with E-state index in [1.165, 1.54) is 10.4 Å². The number of hydrogen-bond acceptors (Lipinski definition) is 5. The van der Waals surface area contributed by atoms with Crippen LogP contribution in [0.1, 0.15) is 35.9 Å². The highest BCUT2D eigenvalue weighted by atomic mass is 35.5. The molecule has 0 spiro atoms. The minimum absolute atomic E-state index is 0.175. The molecule has 1 atom stereocenters. The maximum absolute atomic E-state index is 13.2. The van der Waals surface area contributed by atoms with Crippen molar-refractivity contribution in [3.8, 4) is 11.4 Å². The number of aromatic nitrogens is 2. The number of nitrogens with zero attached hydrogens (tertiary/aromatic N) is 3. The molecule has 0 bridgehead atoms. The van der Waals surface area contributed by atoms with Crippen molar-refractivity contribution in [1.29, 1.82) is 0 Å². The highest BCUT2D eigenvalue weighted by Crippen LogP contribution is 2.37. The van der Waals surface area contributed by atoms with Crippen LogP contribution in [0.4, 0.5) is 0 Å². The Morgan fingerprint density at radius 2 is 1.93 bits per heavy atom. The van der Waals surface area contributed by atoms with E-state index in [9.17, 15) is 8.42 Å². The van der Waals surface area contributed by atoms with Gasteiger partial charge in [-0.3, -0.25) is 0 Å². The van der Waals surface area contributed by atoms with Crippen LogP contribution in [0.2, 0.25) is 5.02 Å². The number of rotatable bonds is 4. The second-order valence-corrected chi connectivity index (χ2v) is 9.25.